The predicted molar refractivity (Wildman–Crippen MR) is 97.3 cm³/mol. The molecule has 2 aromatic carbocycles. The van der Waals surface area contributed by atoms with Gasteiger partial charge in [-0.3, -0.25) is 4.90 Å². The molecule has 4 nitrogen and oxygen atoms in total. The molecule has 0 N–H and O–H groups in total. The molecule has 3 rings (SSSR count). The Bertz CT molecular complexity index is 738. The van der Waals surface area contributed by atoms with Crippen LogP contribution in [-0.2, 0) is 10.0 Å². The van der Waals surface area contributed by atoms with Gasteiger partial charge in [-0.1, -0.05) is 60.7 Å². The minimum absolute atomic E-state index is 0.0231. The van der Waals surface area contributed by atoms with E-state index in [1.807, 2.05) is 12.1 Å². The molecule has 1 fully saturated rings. The summed E-state index contributed by atoms with van der Waals surface area (Å²) in [5.74, 6) is 0. The predicted octanol–water partition coefficient (Wildman–Crippen LogP) is 2.74. The van der Waals surface area contributed by atoms with Crippen molar-refractivity contribution in [3.8, 4) is 0 Å². The maximum absolute atomic E-state index is 11.8. The van der Waals surface area contributed by atoms with Crippen LogP contribution >= 0.6 is 0 Å². The summed E-state index contributed by atoms with van der Waals surface area (Å²) in [6.07, 6.45) is 1.27. The third-order valence-electron chi connectivity index (χ3n) is 5.03. The smallest absolute Gasteiger partial charge is 0.211 e. The summed E-state index contributed by atoms with van der Waals surface area (Å²) in [4.78, 5) is 2.37. The van der Waals surface area contributed by atoms with Gasteiger partial charge in [-0.05, 0) is 18.1 Å². The van der Waals surface area contributed by atoms with Gasteiger partial charge in [0.15, 0.2) is 0 Å². The average molecular weight is 344 g/mol. The SMILES string of the molecule is C[C@@H]1[C@@H](N(C)S(C)(=O)=O)CN1C(c1ccccc1)c1ccccc1. The van der Waals surface area contributed by atoms with Gasteiger partial charge in [-0.25, -0.2) is 8.42 Å². The molecule has 0 radical (unpaired) electrons. The minimum atomic E-state index is -3.17. The van der Waals surface area contributed by atoms with Crippen LogP contribution < -0.4 is 0 Å². The van der Waals surface area contributed by atoms with Crippen molar-refractivity contribution in [2.24, 2.45) is 0 Å². The van der Waals surface area contributed by atoms with Gasteiger partial charge in [0, 0.05) is 19.6 Å². The van der Waals surface area contributed by atoms with E-state index in [1.165, 1.54) is 21.7 Å². The molecule has 1 aliphatic rings. The fourth-order valence-corrected chi connectivity index (χ4v) is 4.20. The molecular weight excluding hydrogens is 320 g/mol. The van der Waals surface area contributed by atoms with Crippen LogP contribution in [0.3, 0.4) is 0 Å². The molecular formula is C19H24N2O2S. The van der Waals surface area contributed by atoms with E-state index in [0.29, 0.717) is 0 Å². The number of hydrogen-bond acceptors (Lipinski definition) is 3. The Hall–Kier alpha value is -1.69. The minimum Gasteiger partial charge on any atom is -0.286 e. The van der Waals surface area contributed by atoms with Crippen molar-refractivity contribution in [2.75, 3.05) is 19.8 Å². The van der Waals surface area contributed by atoms with Crippen molar-refractivity contribution in [1.29, 1.82) is 0 Å². The van der Waals surface area contributed by atoms with E-state index in [9.17, 15) is 8.42 Å². The summed E-state index contributed by atoms with van der Waals surface area (Å²) >= 11 is 0. The van der Waals surface area contributed by atoms with Gasteiger partial charge in [-0.2, -0.15) is 4.31 Å². The molecule has 128 valence electrons. The molecule has 24 heavy (non-hydrogen) atoms. The number of hydrogen-bond donors (Lipinski definition) is 0. The summed E-state index contributed by atoms with van der Waals surface area (Å²) in [5, 5.41) is 0. The fraction of sp³-hybridized carbons (Fsp3) is 0.368. The summed E-state index contributed by atoms with van der Waals surface area (Å²) in [6, 6.07) is 21.1. The van der Waals surface area contributed by atoms with Gasteiger partial charge in [-0.15, -0.1) is 0 Å². The quantitative estimate of drug-likeness (QED) is 0.837. The standard InChI is InChI=1S/C19H24N2O2S/c1-15-18(20(2)24(3,22)23)14-21(15)19(16-10-6-4-7-11-16)17-12-8-5-9-13-17/h4-13,15,18-19H,14H2,1-3H3/t15-,18+/m1/s1. The molecule has 0 bridgehead atoms. The lowest BCUT2D eigenvalue weighted by molar-refractivity contribution is -0.000806. The molecule has 0 aromatic heterocycles. The first-order valence-corrected chi connectivity index (χ1v) is 10.0. The van der Waals surface area contributed by atoms with Crippen molar-refractivity contribution >= 4 is 10.0 Å². The molecule has 1 saturated heterocycles. The second kappa shape index (κ2) is 6.67. The molecule has 0 spiro atoms. The molecule has 0 unspecified atom stereocenters. The topological polar surface area (TPSA) is 40.6 Å². The van der Waals surface area contributed by atoms with Crippen LogP contribution in [0.4, 0.5) is 0 Å². The number of benzene rings is 2. The number of likely N-dealkylation sites (tertiary alicyclic amines) is 1. The lowest BCUT2D eigenvalue weighted by atomic mass is 9.88. The van der Waals surface area contributed by atoms with Crippen molar-refractivity contribution in [1.82, 2.24) is 9.21 Å². The molecule has 2 aromatic rings. The molecule has 5 heteroatoms. The van der Waals surface area contributed by atoms with Crippen LogP contribution in [0.5, 0.6) is 0 Å². The highest BCUT2D eigenvalue weighted by atomic mass is 32.2. The largest absolute Gasteiger partial charge is 0.286 e. The Morgan fingerprint density at radius 2 is 1.46 bits per heavy atom. The van der Waals surface area contributed by atoms with Crippen LogP contribution in [0.2, 0.25) is 0 Å². The first kappa shape index (κ1) is 17.1. The summed E-state index contributed by atoms with van der Waals surface area (Å²) < 4.78 is 25.2. The van der Waals surface area contributed by atoms with Crippen LogP contribution in [0.1, 0.15) is 24.1 Å². The highest BCUT2D eigenvalue weighted by molar-refractivity contribution is 7.88. The summed E-state index contributed by atoms with van der Waals surface area (Å²) in [6.45, 7) is 2.84. The van der Waals surface area contributed by atoms with Crippen molar-refractivity contribution in [3.05, 3.63) is 71.8 Å². The van der Waals surface area contributed by atoms with Gasteiger partial charge < -0.3 is 0 Å². The maximum atomic E-state index is 11.8. The zero-order valence-electron chi connectivity index (χ0n) is 14.3. The zero-order valence-corrected chi connectivity index (χ0v) is 15.1. The Morgan fingerprint density at radius 1 is 1.00 bits per heavy atom. The first-order chi connectivity index (χ1) is 11.4. The second-order valence-corrected chi connectivity index (χ2v) is 8.55. The third-order valence-corrected chi connectivity index (χ3v) is 6.35. The number of nitrogens with zero attached hydrogens (tertiary/aromatic N) is 2. The first-order valence-electron chi connectivity index (χ1n) is 8.18. The second-order valence-electron chi connectivity index (χ2n) is 6.51. The van der Waals surface area contributed by atoms with Gasteiger partial charge in [0.25, 0.3) is 0 Å². The van der Waals surface area contributed by atoms with Crippen molar-refractivity contribution < 1.29 is 8.42 Å². The monoisotopic (exact) mass is 344 g/mol. The summed E-state index contributed by atoms with van der Waals surface area (Å²) in [7, 11) is -1.49. The van der Waals surface area contributed by atoms with E-state index >= 15 is 0 Å². The van der Waals surface area contributed by atoms with Crippen LogP contribution in [-0.4, -0.2) is 49.6 Å². The van der Waals surface area contributed by atoms with Crippen LogP contribution in [0, 0.1) is 0 Å². The van der Waals surface area contributed by atoms with Crippen LogP contribution in [0.25, 0.3) is 0 Å². The highest BCUT2D eigenvalue weighted by Crippen LogP contribution is 2.37. The third kappa shape index (κ3) is 3.24. The lowest BCUT2D eigenvalue weighted by Gasteiger charge is -2.53. The number of likely N-dealkylation sites (N-methyl/N-ethyl adjacent to an activating group) is 1. The molecule has 1 heterocycles. The van der Waals surface area contributed by atoms with Crippen molar-refractivity contribution in [2.45, 2.75) is 25.0 Å². The van der Waals surface area contributed by atoms with E-state index in [1.54, 1.807) is 7.05 Å². The molecule has 2 atom stereocenters. The normalized spacial score (nSPS) is 21.9. The Labute approximate surface area is 144 Å². The van der Waals surface area contributed by atoms with Gasteiger partial charge in [0.2, 0.25) is 10.0 Å². The van der Waals surface area contributed by atoms with E-state index in [2.05, 4.69) is 60.4 Å². The van der Waals surface area contributed by atoms with Crippen molar-refractivity contribution in [3.63, 3.8) is 0 Å². The van der Waals surface area contributed by atoms with Crippen LogP contribution in [0.15, 0.2) is 60.7 Å². The van der Waals surface area contributed by atoms with Gasteiger partial charge in [0.05, 0.1) is 18.3 Å². The number of sulfonamides is 1. The van der Waals surface area contributed by atoms with E-state index in [0.717, 1.165) is 6.54 Å². The van der Waals surface area contributed by atoms with E-state index < -0.39 is 10.0 Å². The zero-order chi connectivity index (χ0) is 17.3. The fourth-order valence-electron chi connectivity index (χ4n) is 3.47. The van der Waals surface area contributed by atoms with Gasteiger partial charge >= 0.3 is 0 Å². The molecule has 0 amide bonds. The molecule has 1 aliphatic heterocycles. The average Bonchev–Trinajstić information content (AvgIpc) is 2.58. The molecule has 0 aliphatic carbocycles. The Balaban J connectivity index is 1.89. The summed E-state index contributed by atoms with van der Waals surface area (Å²) in [5.41, 5.74) is 2.46. The molecule has 0 saturated carbocycles. The van der Waals surface area contributed by atoms with E-state index in [4.69, 9.17) is 0 Å². The number of rotatable bonds is 5. The maximum Gasteiger partial charge on any atom is 0.211 e. The Kier molecular flexibility index (Phi) is 4.76. The highest BCUT2D eigenvalue weighted by Gasteiger charge is 2.44. The van der Waals surface area contributed by atoms with Gasteiger partial charge in [0.1, 0.15) is 0 Å². The Morgan fingerprint density at radius 3 is 1.83 bits per heavy atom. The van der Waals surface area contributed by atoms with E-state index in [-0.39, 0.29) is 18.1 Å². The lowest BCUT2D eigenvalue weighted by Crippen LogP contribution is -2.66.